The summed E-state index contributed by atoms with van der Waals surface area (Å²) in [6.07, 6.45) is 0.767. The zero-order valence-corrected chi connectivity index (χ0v) is 15.0. The summed E-state index contributed by atoms with van der Waals surface area (Å²) < 4.78 is 16.6. The number of aliphatic hydroxyl groups is 1. The Hall–Kier alpha value is -2.22. The van der Waals surface area contributed by atoms with E-state index in [2.05, 4.69) is 0 Å². The lowest BCUT2D eigenvalue weighted by molar-refractivity contribution is -0.146. The summed E-state index contributed by atoms with van der Waals surface area (Å²) in [6.45, 7) is 5.66. The van der Waals surface area contributed by atoms with E-state index < -0.39 is 30.2 Å². The highest BCUT2D eigenvalue weighted by Crippen LogP contribution is 2.35. The fraction of sp³-hybridized carbons (Fsp3) is 0.474. The van der Waals surface area contributed by atoms with Crippen LogP contribution in [0.1, 0.15) is 42.9 Å². The molecule has 3 rings (SSSR count). The second-order valence-corrected chi connectivity index (χ2v) is 6.67. The normalized spacial score (nSPS) is 27.2. The molecule has 1 N–H and O–H groups in total. The molecule has 26 heavy (non-hydrogen) atoms. The van der Waals surface area contributed by atoms with Crippen LogP contribution < -0.4 is 0 Å². The number of hydrogen-bond acceptors (Lipinski definition) is 6. The van der Waals surface area contributed by atoms with Crippen LogP contribution in [0.25, 0.3) is 0 Å². The Morgan fingerprint density at radius 1 is 1.35 bits per heavy atom. The van der Waals surface area contributed by atoms with Gasteiger partial charge in [-0.3, -0.25) is 4.79 Å². The first-order valence-corrected chi connectivity index (χ1v) is 8.61. The number of benzene rings is 1. The van der Waals surface area contributed by atoms with Gasteiger partial charge in [0, 0.05) is 17.2 Å². The fourth-order valence-electron chi connectivity index (χ4n) is 3.26. The van der Waals surface area contributed by atoms with Crippen molar-refractivity contribution in [2.24, 2.45) is 0 Å². The summed E-state index contributed by atoms with van der Waals surface area (Å²) in [7, 11) is 0. The van der Waals surface area contributed by atoms with Crippen molar-refractivity contribution in [3.63, 3.8) is 0 Å². The van der Waals surface area contributed by atoms with E-state index in [-0.39, 0.29) is 19.1 Å². The molecular formula is C19H23NO6. The molecule has 140 valence electrons. The second-order valence-electron chi connectivity index (χ2n) is 6.67. The molecule has 3 atom stereocenters. The smallest absolute Gasteiger partial charge is 0.330 e. The van der Waals surface area contributed by atoms with Crippen LogP contribution in [0.15, 0.2) is 36.4 Å². The Labute approximate surface area is 152 Å². The molecule has 1 saturated heterocycles. The summed E-state index contributed by atoms with van der Waals surface area (Å²) in [5.74, 6) is -1.59. The minimum absolute atomic E-state index is 0.135. The molecule has 7 heteroatoms. The third kappa shape index (κ3) is 3.65. The summed E-state index contributed by atoms with van der Waals surface area (Å²) >= 11 is 0. The van der Waals surface area contributed by atoms with Gasteiger partial charge in [0.2, 0.25) is 0 Å². The molecule has 1 aromatic rings. The number of amides is 1. The van der Waals surface area contributed by atoms with Crippen LogP contribution in [-0.4, -0.2) is 53.0 Å². The lowest BCUT2D eigenvalue weighted by Gasteiger charge is -2.25. The van der Waals surface area contributed by atoms with Gasteiger partial charge in [-0.1, -0.05) is 18.2 Å². The summed E-state index contributed by atoms with van der Waals surface area (Å²) in [5, 5.41) is 10.5. The van der Waals surface area contributed by atoms with Gasteiger partial charge in [-0.25, -0.2) is 4.79 Å². The minimum atomic E-state index is -1.03. The number of nitrogens with zero attached hydrogens (tertiary/aromatic N) is 1. The van der Waals surface area contributed by atoms with Crippen molar-refractivity contribution in [3.05, 3.63) is 47.5 Å². The first kappa shape index (κ1) is 18.6. The third-order valence-electron chi connectivity index (χ3n) is 4.33. The highest BCUT2D eigenvalue weighted by molar-refractivity contribution is 5.98. The predicted octanol–water partition coefficient (Wildman–Crippen LogP) is 1.77. The molecule has 2 aliphatic heterocycles. The van der Waals surface area contributed by atoms with Gasteiger partial charge in [0.05, 0.1) is 13.2 Å². The molecule has 1 unspecified atom stereocenters. The van der Waals surface area contributed by atoms with E-state index in [0.717, 1.165) is 0 Å². The molecule has 1 fully saturated rings. The quantitative estimate of drug-likeness (QED) is 0.636. The minimum Gasteiger partial charge on any atom is -0.463 e. The van der Waals surface area contributed by atoms with Crippen LogP contribution in [0.4, 0.5) is 0 Å². The standard InChI is InChI=1S/C19H23NO6/c1-4-24-16(21)10-9-14-15(26-19(2,3)25-14)11-20-17(22)12-7-5-6-8-13(12)18(20)23/h5-10,14-15,17,22H,4,11H2,1-3H3/b10-9+/t14-,15+,17?/m1/s1. The number of esters is 1. The third-order valence-corrected chi connectivity index (χ3v) is 4.33. The maximum absolute atomic E-state index is 12.6. The van der Waals surface area contributed by atoms with E-state index in [4.69, 9.17) is 14.2 Å². The van der Waals surface area contributed by atoms with E-state index in [1.807, 2.05) is 0 Å². The Kier molecular flexibility index (Phi) is 5.13. The number of rotatable bonds is 5. The molecule has 2 aliphatic rings. The number of carbonyl (C=O) groups excluding carboxylic acids is 2. The lowest BCUT2D eigenvalue weighted by atomic mass is 10.1. The van der Waals surface area contributed by atoms with Crippen LogP contribution in [0.5, 0.6) is 0 Å². The zero-order chi connectivity index (χ0) is 18.9. The summed E-state index contributed by atoms with van der Waals surface area (Å²) in [5.41, 5.74) is 1.06. The van der Waals surface area contributed by atoms with E-state index in [1.165, 1.54) is 11.0 Å². The predicted molar refractivity (Wildman–Crippen MR) is 92.0 cm³/mol. The average molecular weight is 361 g/mol. The van der Waals surface area contributed by atoms with Crippen molar-refractivity contribution >= 4 is 11.9 Å². The van der Waals surface area contributed by atoms with E-state index in [0.29, 0.717) is 11.1 Å². The van der Waals surface area contributed by atoms with Crippen LogP contribution in [-0.2, 0) is 19.0 Å². The van der Waals surface area contributed by atoms with Gasteiger partial charge >= 0.3 is 5.97 Å². The van der Waals surface area contributed by atoms with E-state index in [1.54, 1.807) is 51.1 Å². The molecular weight excluding hydrogens is 338 g/mol. The topological polar surface area (TPSA) is 85.3 Å². The van der Waals surface area contributed by atoms with E-state index in [9.17, 15) is 14.7 Å². The van der Waals surface area contributed by atoms with Crippen LogP contribution in [0.2, 0.25) is 0 Å². The zero-order valence-electron chi connectivity index (χ0n) is 15.0. The number of ether oxygens (including phenoxy) is 3. The highest BCUT2D eigenvalue weighted by atomic mass is 16.8. The summed E-state index contributed by atoms with van der Waals surface area (Å²) in [6, 6.07) is 6.96. The summed E-state index contributed by atoms with van der Waals surface area (Å²) in [4.78, 5) is 25.5. The van der Waals surface area contributed by atoms with E-state index >= 15 is 0 Å². The van der Waals surface area contributed by atoms with Gasteiger partial charge in [-0.15, -0.1) is 0 Å². The van der Waals surface area contributed by atoms with Crippen LogP contribution in [0, 0.1) is 0 Å². The molecule has 0 saturated carbocycles. The molecule has 0 radical (unpaired) electrons. The van der Waals surface area contributed by atoms with Crippen molar-refractivity contribution in [3.8, 4) is 0 Å². The van der Waals surface area contributed by atoms with Crippen molar-refractivity contribution < 1.29 is 28.9 Å². The van der Waals surface area contributed by atoms with Crippen molar-refractivity contribution in [2.45, 2.75) is 45.0 Å². The molecule has 0 aliphatic carbocycles. The molecule has 1 aromatic carbocycles. The molecule has 2 heterocycles. The van der Waals surface area contributed by atoms with Gasteiger partial charge in [0.25, 0.3) is 5.91 Å². The Bertz CT molecular complexity index is 728. The highest BCUT2D eigenvalue weighted by Gasteiger charge is 2.44. The Morgan fingerprint density at radius 2 is 2.08 bits per heavy atom. The van der Waals surface area contributed by atoms with Gasteiger partial charge in [0.1, 0.15) is 12.2 Å². The van der Waals surface area contributed by atoms with Gasteiger partial charge in [-0.05, 0) is 32.9 Å². The Morgan fingerprint density at radius 3 is 2.77 bits per heavy atom. The fourth-order valence-corrected chi connectivity index (χ4v) is 3.26. The Balaban J connectivity index is 1.75. The number of aliphatic hydroxyl groups excluding tert-OH is 1. The molecule has 0 spiro atoms. The van der Waals surface area contributed by atoms with Crippen molar-refractivity contribution in [2.75, 3.05) is 13.2 Å². The number of hydrogen-bond donors (Lipinski definition) is 1. The van der Waals surface area contributed by atoms with Crippen molar-refractivity contribution in [1.82, 2.24) is 4.90 Å². The van der Waals surface area contributed by atoms with Gasteiger partial charge in [0.15, 0.2) is 12.0 Å². The number of carbonyl (C=O) groups is 2. The SMILES string of the molecule is CCOC(=O)/C=C/[C@H]1OC(C)(C)O[C@H]1CN1C(=O)c2ccccc2C1O. The first-order chi connectivity index (χ1) is 12.3. The maximum Gasteiger partial charge on any atom is 0.330 e. The molecule has 7 nitrogen and oxygen atoms in total. The lowest BCUT2D eigenvalue weighted by Crippen LogP contribution is -2.39. The van der Waals surface area contributed by atoms with Gasteiger partial charge < -0.3 is 24.2 Å². The monoisotopic (exact) mass is 361 g/mol. The first-order valence-electron chi connectivity index (χ1n) is 8.61. The van der Waals surface area contributed by atoms with Crippen LogP contribution in [0.3, 0.4) is 0 Å². The molecule has 0 bridgehead atoms. The molecule has 1 amide bonds. The average Bonchev–Trinajstić information content (AvgIpc) is 3.02. The molecule has 0 aromatic heterocycles. The number of fused-ring (bicyclic) bond motifs is 1. The second kappa shape index (κ2) is 7.19. The maximum atomic E-state index is 12.6. The largest absolute Gasteiger partial charge is 0.463 e. The van der Waals surface area contributed by atoms with Crippen LogP contribution >= 0.6 is 0 Å². The van der Waals surface area contributed by atoms with Gasteiger partial charge in [-0.2, -0.15) is 0 Å². The van der Waals surface area contributed by atoms with Crippen molar-refractivity contribution in [1.29, 1.82) is 0 Å².